The van der Waals surface area contributed by atoms with Crippen LogP contribution in [0.1, 0.15) is 58.8 Å². The quantitative estimate of drug-likeness (QED) is 0.638. The standard InChI is InChI=1S/C16H32N2O2/c1-3-14-7-9-15(10-8-14)13-18-16(19)17-11-5-6-12-20-4-2/h14-15H,3-13H2,1-2H3,(H2,17,18,19). The Kier molecular flexibility index (Phi) is 9.46. The average molecular weight is 284 g/mol. The number of ether oxygens (including phenoxy) is 1. The van der Waals surface area contributed by atoms with Gasteiger partial charge in [-0.05, 0) is 44.4 Å². The molecule has 2 amide bonds. The highest BCUT2D eigenvalue weighted by atomic mass is 16.5. The van der Waals surface area contributed by atoms with Crippen molar-refractivity contribution >= 4 is 6.03 Å². The zero-order valence-corrected chi connectivity index (χ0v) is 13.2. The van der Waals surface area contributed by atoms with Crippen LogP contribution in [0.15, 0.2) is 0 Å². The van der Waals surface area contributed by atoms with Crippen LogP contribution in [0.2, 0.25) is 0 Å². The Bertz CT molecular complexity index is 251. The number of rotatable bonds is 9. The van der Waals surface area contributed by atoms with Crippen LogP contribution in [0.25, 0.3) is 0 Å². The molecule has 1 saturated carbocycles. The smallest absolute Gasteiger partial charge is 0.314 e. The fourth-order valence-corrected chi connectivity index (χ4v) is 2.82. The van der Waals surface area contributed by atoms with E-state index in [2.05, 4.69) is 17.6 Å². The van der Waals surface area contributed by atoms with Crippen LogP contribution >= 0.6 is 0 Å². The maximum absolute atomic E-state index is 11.6. The third kappa shape index (κ3) is 7.73. The molecule has 0 aromatic carbocycles. The van der Waals surface area contributed by atoms with Gasteiger partial charge in [-0.1, -0.05) is 26.2 Å². The van der Waals surface area contributed by atoms with Crippen molar-refractivity contribution in [3.8, 4) is 0 Å². The second-order valence-electron chi connectivity index (χ2n) is 5.84. The van der Waals surface area contributed by atoms with Crippen molar-refractivity contribution in [3.63, 3.8) is 0 Å². The predicted molar refractivity (Wildman–Crippen MR) is 82.9 cm³/mol. The first-order valence-electron chi connectivity index (χ1n) is 8.35. The maximum atomic E-state index is 11.6. The van der Waals surface area contributed by atoms with Gasteiger partial charge in [0.1, 0.15) is 0 Å². The predicted octanol–water partition coefficient (Wildman–Crippen LogP) is 3.32. The Morgan fingerprint density at radius 2 is 1.75 bits per heavy atom. The van der Waals surface area contributed by atoms with Gasteiger partial charge in [-0.25, -0.2) is 4.79 Å². The zero-order chi connectivity index (χ0) is 14.6. The van der Waals surface area contributed by atoms with Crippen molar-refractivity contribution in [3.05, 3.63) is 0 Å². The molecule has 118 valence electrons. The van der Waals surface area contributed by atoms with Crippen LogP contribution in [0, 0.1) is 11.8 Å². The molecular formula is C16H32N2O2. The van der Waals surface area contributed by atoms with Crippen LogP contribution in [0.3, 0.4) is 0 Å². The molecule has 0 atom stereocenters. The lowest BCUT2D eigenvalue weighted by atomic mass is 9.81. The number of nitrogens with one attached hydrogen (secondary N) is 2. The molecule has 0 bridgehead atoms. The SMILES string of the molecule is CCOCCCCNC(=O)NCC1CCC(CC)CC1. The first-order chi connectivity index (χ1) is 9.76. The molecule has 1 aliphatic rings. The fourth-order valence-electron chi connectivity index (χ4n) is 2.82. The second kappa shape index (κ2) is 11.0. The molecule has 4 heteroatoms. The Morgan fingerprint density at radius 1 is 1.05 bits per heavy atom. The van der Waals surface area contributed by atoms with Gasteiger partial charge in [0.25, 0.3) is 0 Å². The van der Waals surface area contributed by atoms with Gasteiger partial charge >= 0.3 is 6.03 Å². The van der Waals surface area contributed by atoms with Crippen molar-refractivity contribution in [2.45, 2.75) is 58.8 Å². The summed E-state index contributed by atoms with van der Waals surface area (Å²) in [5.41, 5.74) is 0. The number of urea groups is 1. The highest BCUT2D eigenvalue weighted by Crippen LogP contribution is 2.29. The molecule has 2 N–H and O–H groups in total. The second-order valence-corrected chi connectivity index (χ2v) is 5.84. The summed E-state index contributed by atoms with van der Waals surface area (Å²) < 4.78 is 5.26. The summed E-state index contributed by atoms with van der Waals surface area (Å²) in [6.45, 7) is 7.42. The van der Waals surface area contributed by atoms with Gasteiger partial charge in [-0.3, -0.25) is 0 Å². The van der Waals surface area contributed by atoms with Crippen molar-refractivity contribution in [1.29, 1.82) is 0 Å². The zero-order valence-electron chi connectivity index (χ0n) is 13.2. The Hall–Kier alpha value is -0.770. The number of hydrogen-bond acceptors (Lipinski definition) is 2. The van der Waals surface area contributed by atoms with E-state index in [-0.39, 0.29) is 6.03 Å². The van der Waals surface area contributed by atoms with Crippen LogP contribution < -0.4 is 10.6 Å². The number of hydrogen-bond donors (Lipinski definition) is 2. The van der Waals surface area contributed by atoms with Crippen molar-refractivity contribution in [1.82, 2.24) is 10.6 Å². The summed E-state index contributed by atoms with van der Waals surface area (Å²) in [5, 5.41) is 5.92. The normalized spacial score (nSPS) is 22.5. The topological polar surface area (TPSA) is 50.4 Å². The van der Waals surface area contributed by atoms with Crippen molar-refractivity contribution in [2.24, 2.45) is 11.8 Å². The summed E-state index contributed by atoms with van der Waals surface area (Å²) in [6.07, 6.45) is 8.51. The number of carbonyl (C=O) groups excluding carboxylic acids is 1. The van der Waals surface area contributed by atoms with Crippen molar-refractivity contribution < 1.29 is 9.53 Å². The van der Waals surface area contributed by atoms with E-state index >= 15 is 0 Å². The molecule has 0 aromatic rings. The molecule has 4 nitrogen and oxygen atoms in total. The highest BCUT2D eigenvalue weighted by Gasteiger charge is 2.20. The summed E-state index contributed by atoms with van der Waals surface area (Å²) in [7, 11) is 0. The molecule has 0 aliphatic heterocycles. The Morgan fingerprint density at radius 3 is 2.40 bits per heavy atom. The minimum atomic E-state index is -0.0148. The third-order valence-electron chi connectivity index (χ3n) is 4.30. The summed E-state index contributed by atoms with van der Waals surface area (Å²) in [6, 6.07) is -0.0148. The molecule has 0 heterocycles. The van der Waals surface area contributed by atoms with Gasteiger partial charge in [-0.15, -0.1) is 0 Å². The van der Waals surface area contributed by atoms with Gasteiger partial charge < -0.3 is 15.4 Å². The van der Waals surface area contributed by atoms with E-state index in [1.807, 2.05) is 6.92 Å². The van der Waals surface area contributed by atoms with E-state index in [0.717, 1.165) is 45.1 Å². The average Bonchev–Trinajstić information content (AvgIpc) is 2.49. The van der Waals surface area contributed by atoms with Gasteiger partial charge in [-0.2, -0.15) is 0 Å². The van der Waals surface area contributed by atoms with Crippen molar-refractivity contribution in [2.75, 3.05) is 26.3 Å². The van der Waals surface area contributed by atoms with E-state index in [1.165, 1.54) is 32.1 Å². The number of unbranched alkanes of at least 4 members (excludes halogenated alkanes) is 1. The van der Waals surface area contributed by atoms with Crippen LogP contribution in [0.5, 0.6) is 0 Å². The molecule has 0 unspecified atom stereocenters. The van der Waals surface area contributed by atoms with E-state index in [0.29, 0.717) is 5.92 Å². The number of carbonyl (C=O) groups is 1. The summed E-state index contributed by atoms with van der Waals surface area (Å²) >= 11 is 0. The first-order valence-corrected chi connectivity index (χ1v) is 8.35. The molecule has 20 heavy (non-hydrogen) atoms. The van der Waals surface area contributed by atoms with Gasteiger partial charge in [0, 0.05) is 26.3 Å². The fraction of sp³-hybridized carbons (Fsp3) is 0.938. The van der Waals surface area contributed by atoms with Gasteiger partial charge in [0.15, 0.2) is 0 Å². The molecule has 1 rings (SSSR count). The van der Waals surface area contributed by atoms with E-state index in [9.17, 15) is 4.79 Å². The lowest BCUT2D eigenvalue weighted by molar-refractivity contribution is 0.143. The van der Waals surface area contributed by atoms with Gasteiger partial charge in [0.2, 0.25) is 0 Å². The molecule has 1 fully saturated rings. The monoisotopic (exact) mass is 284 g/mol. The minimum Gasteiger partial charge on any atom is -0.382 e. The van der Waals surface area contributed by atoms with E-state index in [4.69, 9.17) is 4.74 Å². The molecule has 1 aliphatic carbocycles. The van der Waals surface area contributed by atoms with E-state index < -0.39 is 0 Å². The largest absolute Gasteiger partial charge is 0.382 e. The number of amides is 2. The lowest BCUT2D eigenvalue weighted by Gasteiger charge is -2.27. The third-order valence-corrected chi connectivity index (χ3v) is 4.30. The summed E-state index contributed by atoms with van der Waals surface area (Å²) in [5.74, 6) is 1.60. The maximum Gasteiger partial charge on any atom is 0.314 e. The van der Waals surface area contributed by atoms with Crippen LogP contribution in [0.4, 0.5) is 4.79 Å². The molecular weight excluding hydrogens is 252 g/mol. The highest BCUT2D eigenvalue weighted by molar-refractivity contribution is 5.73. The van der Waals surface area contributed by atoms with Gasteiger partial charge in [0.05, 0.1) is 0 Å². The van der Waals surface area contributed by atoms with Crippen LogP contribution in [-0.4, -0.2) is 32.3 Å². The lowest BCUT2D eigenvalue weighted by Crippen LogP contribution is -2.39. The Balaban J connectivity index is 1.95. The molecule has 0 radical (unpaired) electrons. The minimum absolute atomic E-state index is 0.0148. The molecule has 0 spiro atoms. The van der Waals surface area contributed by atoms with E-state index in [1.54, 1.807) is 0 Å². The Labute approximate surface area is 124 Å². The molecule has 0 saturated heterocycles. The molecule has 0 aromatic heterocycles. The van der Waals surface area contributed by atoms with Crippen LogP contribution in [-0.2, 0) is 4.74 Å². The summed E-state index contributed by atoms with van der Waals surface area (Å²) in [4.78, 5) is 11.6. The first kappa shape index (κ1) is 17.3.